The van der Waals surface area contributed by atoms with E-state index >= 15 is 0 Å². The van der Waals surface area contributed by atoms with Gasteiger partial charge in [-0.3, -0.25) is 4.79 Å². The number of anilines is 1. The van der Waals surface area contributed by atoms with Crippen LogP contribution in [0.3, 0.4) is 0 Å². The highest BCUT2D eigenvalue weighted by Gasteiger charge is 2.23. The Kier molecular flexibility index (Phi) is 5.97. The van der Waals surface area contributed by atoms with Crippen LogP contribution in [-0.2, 0) is 9.53 Å². The summed E-state index contributed by atoms with van der Waals surface area (Å²) in [6, 6.07) is 1.84. The van der Waals surface area contributed by atoms with Crippen LogP contribution in [0.15, 0.2) is 6.07 Å². The smallest absolute Gasteiger partial charge is 0.341 e. The summed E-state index contributed by atoms with van der Waals surface area (Å²) in [5.74, 6) is -0.0814. The van der Waals surface area contributed by atoms with Gasteiger partial charge < -0.3 is 15.0 Å². The minimum Gasteiger partial charge on any atom is -0.462 e. The number of hydrogen-bond acceptors (Lipinski definition) is 4. The Morgan fingerprint density at radius 2 is 2.05 bits per heavy atom. The molecule has 22 heavy (non-hydrogen) atoms. The van der Waals surface area contributed by atoms with Crippen molar-refractivity contribution in [2.24, 2.45) is 0 Å². The van der Waals surface area contributed by atoms with Crippen LogP contribution >= 0.6 is 11.3 Å². The lowest BCUT2D eigenvalue weighted by Gasteiger charge is -2.11. The molecule has 2 heterocycles. The second-order valence-corrected chi connectivity index (χ2v) is 7.03. The lowest BCUT2D eigenvalue weighted by Crippen LogP contribution is -3.11. The Morgan fingerprint density at radius 1 is 1.36 bits per heavy atom. The maximum Gasteiger partial charge on any atom is 0.341 e. The number of nitrogens with one attached hydrogen (secondary N) is 2. The molecule has 1 aliphatic rings. The third kappa shape index (κ3) is 4.30. The molecule has 2 N–H and O–H groups in total. The predicted molar refractivity (Wildman–Crippen MR) is 87.8 cm³/mol. The number of rotatable bonds is 6. The Morgan fingerprint density at radius 3 is 2.64 bits per heavy atom. The third-order valence-electron chi connectivity index (χ3n) is 3.79. The van der Waals surface area contributed by atoms with Crippen LogP contribution in [-0.4, -0.2) is 38.1 Å². The number of ether oxygens (including phenoxy) is 1. The minimum atomic E-state index is -0.366. The maximum atomic E-state index is 12.2. The monoisotopic (exact) mass is 325 g/mol. The highest BCUT2D eigenvalue weighted by Crippen LogP contribution is 2.33. The Hall–Kier alpha value is -1.40. The van der Waals surface area contributed by atoms with Gasteiger partial charge in [-0.05, 0) is 18.9 Å². The van der Waals surface area contributed by atoms with Crippen LogP contribution in [0.5, 0.6) is 0 Å². The van der Waals surface area contributed by atoms with Gasteiger partial charge in [-0.15, -0.1) is 11.3 Å². The average molecular weight is 325 g/mol. The summed E-state index contributed by atoms with van der Waals surface area (Å²) >= 11 is 1.47. The zero-order valence-electron chi connectivity index (χ0n) is 13.5. The van der Waals surface area contributed by atoms with Gasteiger partial charge in [0, 0.05) is 17.7 Å². The van der Waals surface area contributed by atoms with E-state index in [1.807, 2.05) is 6.07 Å². The van der Waals surface area contributed by atoms with Gasteiger partial charge in [0.05, 0.1) is 25.3 Å². The first-order valence-electron chi connectivity index (χ1n) is 7.95. The van der Waals surface area contributed by atoms with E-state index in [4.69, 9.17) is 4.74 Å². The fourth-order valence-electron chi connectivity index (χ4n) is 2.60. The van der Waals surface area contributed by atoms with Crippen molar-refractivity contribution in [3.05, 3.63) is 16.5 Å². The Balaban J connectivity index is 2.09. The van der Waals surface area contributed by atoms with Crippen LogP contribution in [0.1, 0.15) is 54.8 Å². The van der Waals surface area contributed by atoms with Crippen molar-refractivity contribution >= 4 is 28.2 Å². The molecule has 0 aliphatic carbocycles. The van der Waals surface area contributed by atoms with Gasteiger partial charge in [-0.2, -0.15) is 0 Å². The van der Waals surface area contributed by atoms with Gasteiger partial charge in [0.25, 0.3) is 5.91 Å². The molecular formula is C16H25N2O3S+. The van der Waals surface area contributed by atoms with Gasteiger partial charge in [0.1, 0.15) is 5.00 Å². The van der Waals surface area contributed by atoms with Gasteiger partial charge in [-0.1, -0.05) is 13.8 Å². The second-order valence-electron chi connectivity index (χ2n) is 5.95. The molecule has 0 spiro atoms. The van der Waals surface area contributed by atoms with Gasteiger partial charge in [0.2, 0.25) is 0 Å². The first kappa shape index (κ1) is 17.0. The molecule has 0 atom stereocenters. The van der Waals surface area contributed by atoms with E-state index in [1.54, 1.807) is 6.92 Å². The van der Waals surface area contributed by atoms with Crippen molar-refractivity contribution in [2.75, 3.05) is 31.6 Å². The van der Waals surface area contributed by atoms with Crippen molar-refractivity contribution in [3.8, 4) is 0 Å². The summed E-state index contributed by atoms with van der Waals surface area (Å²) < 4.78 is 5.09. The van der Waals surface area contributed by atoms with E-state index in [2.05, 4.69) is 19.2 Å². The van der Waals surface area contributed by atoms with Gasteiger partial charge in [0.15, 0.2) is 6.54 Å². The average Bonchev–Trinajstić information content (AvgIpc) is 3.08. The molecule has 0 unspecified atom stereocenters. The molecule has 0 bridgehead atoms. The molecule has 1 fully saturated rings. The van der Waals surface area contributed by atoms with Crippen LogP contribution in [0.2, 0.25) is 0 Å². The van der Waals surface area contributed by atoms with Crippen LogP contribution in [0, 0.1) is 0 Å². The molecule has 5 nitrogen and oxygen atoms in total. The molecule has 1 saturated heterocycles. The summed E-state index contributed by atoms with van der Waals surface area (Å²) in [6.45, 7) is 8.83. The van der Waals surface area contributed by atoms with E-state index in [1.165, 1.54) is 29.1 Å². The predicted octanol–water partition coefficient (Wildman–Crippen LogP) is 1.67. The molecular weight excluding hydrogens is 300 g/mol. The molecule has 1 aromatic heterocycles. The van der Waals surface area contributed by atoms with Crippen molar-refractivity contribution in [1.29, 1.82) is 0 Å². The first-order valence-corrected chi connectivity index (χ1v) is 8.77. The fraction of sp³-hybridized carbons (Fsp3) is 0.625. The summed E-state index contributed by atoms with van der Waals surface area (Å²) in [7, 11) is 0. The summed E-state index contributed by atoms with van der Waals surface area (Å²) in [4.78, 5) is 26.6. The van der Waals surface area contributed by atoms with Crippen molar-refractivity contribution in [1.82, 2.24) is 0 Å². The van der Waals surface area contributed by atoms with E-state index < -0.39 is 0 Å². The number of hydrogen-bond donors (Lipinski definition) is 2. The Labute approximate surface area is 135 Å². The maximum absolute atomic E-state index is 12.2. The van der Waals surface area contributed by atoms with E-state index in [0.29, 0.717) is 29.6 Å². The standard InChI is InChI=1S/C16H24N2O3S/c1-4-21-16(20)12-9-13(11(2)3)22-15(12)17-14(19)10-18-7-5-6-8-18/h9,11H,4-8,10H2,1-3H3,(H,17,19)/p+1. The lowest BCUT2D eigenvalue weighted by atomic mass is 10.1. The molecule has 0 aromatic carbocycles. The van der Waals surface area contributed by atoms with E-state index in [0.717, 1.165) is 18.0 Å². The number of carbonyl (C=O) groups excluding carboxylic acids is 2. The molecule has 1 amide bonds. The lowest BCUT2D eigenvalue weighted by molar-refractivity contribution is -0.878. The van der Waals surface area contributed by atoms with Crippen molar-refractivity contribution in [3.63, 3.8) is 0 Å². The number of esters is 1. The summed E-state index contributed by atoms with van der Waals surface area (Å²) in [5, 5.41) is 3.53. The molecule has 122 valence electrons. The minimum absolute atomic E-state index is 0.0281. The topological polar surface area (TPSA) is 59.8 Å². The van der Waals surface area contributed by atoms with Crippen LogP contribution < -0.4 is 10.2 Å². The van der Waals surface area contributed by atoms with Crippen LogP contribution in [0.25, 0.3) is 0 Å². The molecule has 0 radical (unpaired) electrons. The first-order chi connectivity index (χ1) is 10.5. The highest BCUT2D eigenvalue weighted by atomic mass is 32.1. The normalized spacial score (nSPS) is 15.3. The van der Waals surface area contributed by atoms with Crippen molar-refractivity contribution in [2.45, 2.75) is 39.5 Å². The van der Waals surface area contributed by atoms with E-state index in [-0.39, 0.29) is 11.9 Å². The zero-order chi connectivity index (χ0) is 16.1. The fourth-order valence-corrected chi connectivity index (χ4v) is 3.66. The number of likely N-dealkylation sites (tertiary alicyclic amines) is 1. The molecule has 2 rings (SSSR count). The third-order valence-corrected chi connectivity index (χ3v) is 5.14. The second kappa shape index (κ2) is 7.74. The summed E-state index contributed by atoms with van der Waals surface area (Å²) in [6.07, 6.45) is 2.38. The quantitative estimate of drug-likeness (QED) is 0.782. The van der Waals surface area contributed by atoms with Gasteiger partial charge >= 0.3 is 5.97 Å². The Bertz CT molecular complexity index is 533. The molecule has 6 heteroatoms. The van der Waals surface area contributed by atoms with Crippen LogP contribution in [0.4, 0.5) is 5.00 Å². The van der Waals surface area contributed by atoms with Crippen molar-refractivity contribution < 1.29 is 19.2 Å². The highest BCUT2D eigenvalue weighted by molar-refractivity contribution is 7.16. The summed E-state index contributed by atoms with van der Waals surface area (Å²) in [5.41, 5.74) is 0.473. The molecule has 1 aliphatic heterocycles. The zero-order valence-corrected chi connectivity index (χ0v) is 14.3. The van der Waals surface area contributed by atoms with E-state index in [9.17, 15) is 9.59 Å². The number of thiophene rings is 1. The van der Waals surface area contributed by atoms with Gasteiger partial charge in [-0.25, -0.2) is 4.79 Å². The number of amides is 1. The largest absolute Gasteiger partial charge is 0.462 e. The number of carbonyl (C=O) groups is 2. The SMILES string of the molecule is CCOC(=O)c1cc(C(C)C)sc1NC(=O)C[NH+]1CCCC1. The number of quaternary nitrogens is 1. The molecule has 0 saturated carbocycles. The molecule has 1 aromatic rings.